The molecule has 0 amide bonds. The second kappa shape index (κ2) is 5.41. The first-order valence-electron chi connectivity index (χ1n) is 5.89. The van der Waals surface area contributed by atoms with E-state index in [-0.39, 0.29) is 18.5 Å². The van der Waals surface area contributed by atoms with Crippen molar-refractivity contribution in [3.05, 3.63) is 35.6 Å². The number of rotatable bonds is 3. The van der Waals surface area contributed by atoms with Gasteiger partial charge in [0.25, 0.3) is 0 Å². The zero-order valence-electron chi connectivity index (χ0n) is 9.40. The van der Waals surface area contributed by atoms with Gasteiger partial charge in [0.15, 0.2) is 0 Å². The molecule has 88 valence electrons. The maximum atomic E-state index is 13.0. The average molecular weight is 223 g/mol. The molecule has 1 aliphatic heterocycles. The molecule has 0 bridgehead atoms. The minimum Gasteiger partial charge on any atom is -0.395 e. The Labute approximate surface area is 95.7 Å². The third-order valence-electron chi connectivity index (χ3n) is 3.23. The molecule has 1 saturated heterocycles. The fraction of sp³-hybridized carbons (Fsp3) is 0.538. The van der Waals surface area contributed by atoms with Crippen molar-refractivity contribution >= 4 is 0 Å². The summed E-state index contributed by atoms with van der Waals surface area (Å²) in [5, 5.41) is 9.28. The lowest BCUT2D eigenvalue weighted by molar-refractivity contribution is 0.0840. The van der Waals surface area contributed by atoms with Gasteiger partial charge < -0.3 is 5.11 Å². The monoisotopic (exact) mass is 223 g/mol. The Bertz CT molecular complexity index is 342. The molecule has 1 heterocycles. The van der Waals surface area contributed by atoms with Gasteiger partial charge in [-0.05, 0) is 37.1 Å². The summed E-state index contributed by atoms with van der Waals surface area (Å²) in [6, 6.07) is 6.96. The average Bonchev–Trinajstić information content (AvgIpc) is 2.30. The smallest absolute Gasteiger partial charge is 0.123 e. The lowest BCUT2D eigenvalue weighted by atomic mass is 10.0. The Balaban J connectivity index is 2.02. The minimum atomic E-state index is -0.185. The molecule has 2 rings (SSSR count). The van der Waals surface area contributed by atoms with Gasteiger partial charge in [0.2, 0.25) is 0 Å². The minimum absolute atomic E-state index is 0.185. The number of nitrogens with zero attached hydrogens (tertiary/aromatic N) is 1. The lowest BCUT2D eigenvalue weighted by Crippen LogP contribution is -2.41. The van der Waals surface area contributed by atoms with Gasteiger partial charge in [0.05, 0.1) is 6.61 Å². The van der Waals surface area contributed by atoms with Gasteiger partial charge in [-0.2, -0.15) is 0 Å². The van der Waals surface area contributed by atoms with E-state index in [1.54, 1.807) is 12.1 Å². The molecule has 1 atom stereocenters. The quantitative estimate of drug-likeness (QED) is 0.849. The second-order valence-corrected chi connectivity index (χ2v) is 4.43. The van der Waals surface area contributed by atoms with Gasteiger partial charge in [0, 0.05) is 12.6 Å². The number of piperidine rings is 1. The molecule has 0 aromatic heterocycles. The molecule has 1 unspecified atom stereocenters. The van der Waals surface area contributed by atoms with Gasteiger partial charge in [-0.3, -0.25) is 4.90 Å². The molecule has 1 N–H and O–H groups in total. The number of aliphatic hydroxyl groups is 1. The predicted molar refractivity (Wildman–Crippen MR) is 61.5 cm³/mol. The van der Waals surface area contributed by atoms with E-state index < -0.39 is 0 Å². The summed E-state index contributed by atoms with van der Waals surface area (Å²) in [6.07, 6.45) is 3.41. The van der Waals surface area contributed by atoms with Crippen molar-refractivity contribution in [3.63, 3.8) is 0 Å². The molecule has 0 radical (unpaired) electrons. The van der Waals surface area contributed by atoms with Crippen LogP contribution in [-0.2, 0) is 6.54 Å². The first-order valence-corrected chi connectivity index (χ1v) is 5.89. The van der Waals surface area contributed by atoms with Gasteiger partial charge in [-0.1, -0.05) is 18.6 Å². The van der Waals surface area contributed by atoms with Gasteiger partial charge in [-0.25, -0.2) is 4.39 Å². The predicted octanol–water partition coefficient (Wildman–Crippen LogP) is 2.17. The van der Waals surface area contributed by atoms with Crippen LogP contribution in [0.25, 0.3) is 0 Å². The maximum Gasteiger partial charge on any atom is 0.123 e. The Morgan fingerprint density at radius 2 is 2.25 bits per heavy atom. The van der Waals surface area contributed by atoms with Crippen LogP contribution in [0.15, 0.2) is 24.3 Å². The number of benzene rings is 1. The van der Waals surface area contributed by atoms with Crippen molar-refractivity contribution < 1.29 is 9.50 Å². The standard InChI is InChI=1S/C13H18FNO/c14-12-5-3-4-11(8-12)9-15-7-2-1-6-13(15)10-16/h3-5,8,13,16H,1-2,6-7,9-10H2. The van der Waals surface area contributed by atoms with Crippen molar-refractivity contribution in [1.82, 2.24) is 4.90 Å². The number of aliphatic hydroxyl groups excluding tert-OH is 1. The van der Waals surface area contributed by atoms with Crippen molar-refractivity contribution in [1.29, 1.82) is 0 Å². The summed E-state index contributed by atoms with van der Waals surface area (Å²) >= 11 is 0. The summed E-state index contributed by atoms with van der Waals surface area (Å²) < 4.78 is 13.0. The summed E-state index contributed by atoms with van der Waals surface area (Å²) in [7, 11) is 0. The van der Waals surface area contributed by atoms with Crippen LogP contribution in [0, 0.1) is 5.82 Å². The molecule has 1 aromatic rings. The SMILES string of the molecule is OCC1CCCCN1Cc1cccc(F)c1. The Morgan fingerprint density at radius 3 is 3.00 bits per heavy atom. The molecule has 1 aliphatic rings. The van der Waals surface area contributed by atoms with Crippen LogP contribution in [0.3, 0.4) is 0 Å². The topological polar surface area (TPSA) is 23.5 Å². The summed E-state index contributed by atoms with van der Waals surface area (Å²) in [4.78, 5) is 2.25. The van der Waals surface area contributed by atoms with Crippen molar-refractivity contribution in [2.75, 3.05) is 13.2 Å². The van der Waals surface area contributed by atoms with E-state index in [1.807, 2.05) is 6.07 Å². The largest absolute Gasteiger partial charge is 0.395 e. The van der Waals surface area contributed by atoms with Crippen LogP contribution in [-0.4, -0.2) is 29.2 Å². The highest BCUT2D eigenvalue weighted by molar-refractivity contribution is 5.16. The van der Waals surface area contributed by atoms with Crippen LogP contribution >= 0.6 is 0 Å². The normalized spacial score (nSPS) is 22.2. The highest BCUT2D eigenvalue weighted by Crippen LogP contribution is 2.19. The number of halogens is 1. The fourth-order valence-electron chi connectivity index (χ4n) is 2.34. The van der Waals surface area contributed by atoms with E-state index in [1.165, 1.54) is 18.9 Å². The number of hydrogen-bond donors (Lipinski definition) is 1. The molecular weight excluding hydrogens is 205 g/mol. The van der Waals surface area contributed by atoms with Crippen molar-refractivity contribution in [2.24, 2.45) is 0 Å². The molecular formula is C13H18FNO. The number of likely N-dealkylation sites (tertiary alicyclic amines) is 1. The first kappa shape index (κ1) is 11.6. The summed E-state index contributed by atoms with van der Waals surface area (Å²) in [5.41, 5.74) is 0.986. The van der Waals surface area contributed by atoms with Gasteiger partial charge in [-0.15, -0.1) is 0 Å². The summed E-state index contributed by atoms with van der Waals surface area (Å²) in [5.74, 6) is -0.185. The van der Waals surface area contributed by atoms with E-state index >= 15 is 0 Å². The van der Waals surface area contributed by atoms with Crippen molar-refractivity contribution in [3.8, 4) is 0 Å². The number of hydrogen-bond acceptors (Lipinski definition) is 2. The lowest BCUT2D eigenvalue weighted by Gasteiger charge is -2.34. The molecule has 1 fully saturated rings. The van der Waals surface area contributed by atoms with Crippen LogP contribution in [0.5, 0.6) is 0 Å². The van der Waals surface area contributed by atoms with Crippen LogP contribution in [0.1, 0.15) is 24.8 Å². The third-order valence-corrected chi connectivity index (χ3v) is 3.23. The molecule has 0 aliphatic carbocycles. The van der Waals surface area contributed by atoms with Crippen LogP contribution in [0.4, 0.5) is 4.39 Å². The highest BCUT2D eigenvalue weighted by atomic mass is 19.1. The van der Waals surface area contributed by atoms with E-state index in [0.717, 1.165) is 25.1 Å². The fourth-order valence-corrected chi connectivity index (χ4v) is 2.34. The van der Waals surface area contributed by atoms with Crippen LogP contribution < -0.4 is 0 Å². The first-order chi connectivity index (χ1) is 7.79. The van der Waals surface area contributed by atoms with Gasteiger partial charge in [0.1, 0.15) is 5.82 Å². The molecule has 0 saturated carbocycles. The third kappa shape index (κ3) is 2.80. The molecule has 2 nitrogen and oxygen atoms in total. The highest BCUT2D eigenvalue weighted by Gasteiger charge is 2.21. The van der Waals surface area contributed by atoms with E-state index in [4.69, 9.17) is 0 Å². The van der Waals surface area contributed by atoms with Gasteiger partial charge >= 0.3 is 0 Å². The molecule has 3 heteroatoms. The molecule has 1 aromatic carbocycles. The second-order valence-electron chi connectivity index (χ2n) is 4.43. The maximum absolute atomic E-state index is 13.0. The van der Waals surface area contributed by atoms with E-state index in [9.17, 15) is 9.50 Å². The van der Waals surface area contributed by atoms with Crippen molar-refractivity contribution in [2.45, 2.75) is 31.8 Å². The zero-order valence-corrected chi connectivity index (χ0v) is 9.40. The Kier molecular flexibility index (Phi) is 3.91. The summed E-state index contributed by atoms with van der Waals surface area (Å²) in [6.45, 7) is 1.94. The Morgan fingerprint density at radius 1 is 1.38 bits per heavy atom. The van der Waals surface area contributed by atoms with E-state index in [0.29, 0.717) is 0 Å². The van der Waals surface area contributed by atoms with E-state index in [2.05, 4.69) is 4.90 Å². The zero-order chi connectivity index (χ0) is 11.4. The Hall–Kier alpha value is -0.930. The molecule has 0 spiro atoms. The van der Waals surface area contributed by atoms with Crippen LogP contribution in [0.2, 0.25) is 0 Å². The molecule has 16 heavy (non-hydrogen) atoms.